The van der Waals surface area contributed by atoms with Crippen LogP contribution in [0.5, 0.6) is 0 Å². The summed E-state index contributed by atoms with van der Waals surface area (Å²) in [6.45, 7) is 5.32. The molecule has 4 rings (SSSR count). The zero-order valence-corrected chi connectivity index (χ0v) is 19.7. The lowest BCUT2D eigenvalue weighted by atomic mass is 9.89. The van der Waals surface area contributed by atoms with Crippen LogP contribution in [0.2, 0.25) is 0 Å². The summed E-state index contributed by atoms with van der Waals surface area (Å²) in [4.78, 5) is 16.7. The number of carbonyl (C=O) groups is 1. The van der Waals surface area contributed by atoms with E-state index in [1.807, 2.05) is 27.0 Å². The second-order valence-electron chi connectivity index (χ2n) is 8.44. The third-order valence-electron chi connectivity index (χ3n) is 6.02. The first kappa shape index (κ1) is 23.3. The number of allylic oxidation sites excluding steroid dienone is 3. The van der Waals surface area contributed by atoms with Crippen molar-refractivity contribution >= 4 is 11.5 Å². The molecular weight excluding hydrogens is 420 g/mol. The first-order valence-electron chi connectivity index (χ1n) is 11.7. The quantitative estimate of drug-likeness (QED) is 0.457. The maximum absolute atomic E-state index is 11.8. The SMILES string of the molecule is CCOC(=O)C=C1C=C(c2ccc(-c3nnn(C)c3COC3CCCCO3)nc2C)CCC1. The Kier molecular flexibility index (Phi) is 7.67. The van der Waals surface area contributed by atoms with Crippen LogP contribution in [0.15, 0.2) is 29.9 Å². The molecule has 0 amide bonds. The minimum atomic E-state index is -0.286. The number of nitrogens with zero attached hydrogens (tertiary/aromatic N) is 4. The summed E-state index contributed by atoms with van der Waals surface area (Å²) >= 11 is 0. The van der Waals surface area contributed by atoms with E-state index in [-0.39, 0.29) is 12.3 Å². The molecule has 1 saturated heterocycles. The van der Waals surface area contributed by atoms with Gasteiger partial charge in [0, 0.05) is 25.4 Å². The van der Waals surface area contributed by atoms with E-state index in [1.165, 1.54) is 5.57 Å². The highest BCUT2D eigenvalue weighted by Crippen LogP contribution is 2.32. The van der Waals surface area contributed by atoms with Gasteiger partial charge in [0.1, 0.15) is 5.69 Å². The molecule has 0 saturated carbocycles. The van der Waals surface area contributed by atoms with Gasteiger partial charge in [-0.1, -0.05) is 17.4 Å². The average molecular weight is 453 g/mol. The van der Waals surface area contributed by atoms with Crippen LogP contribution < -0.4 is 0 Å². The number of hydrogen-bond donors (Lipinski definition) is 0. The molecule has 2 aromatic rings. The molecule has 0 bridgehead atoms. The lowest BCUT2D eigenvalue weighted by Gasteiger charge is -2.22. The number of pyridine rings is 1. The standard InChI is InChI=1S/C25H32N4O4/c1-4-31-23(30)15-18-8-7-9-19(14-18)20-11-12-21(26-17(20)2)25-22(29(3)28-27-25)16-33-24-10-5-6-13-32-24/h11-12,14-15,24H,4-10,13,16H2,1-3H3. The van der Waals surface area contributed by atoms with Crippen LogP contribution in [0, 0.1) is 6.92 Å². The molecule has 8 heteroatoms. The van der Waals surface area contributed by atoms with Gasteiger partial charge in [-0.3, -0.25) is 4.98 Å². The molecule has 3 heterocycles. The predicted octanol–water partition coefficient (Wildman–Crippen LogP) is 4.29. The van der Waals surface area contributed by atoms with Gasteiger partial charge in [0.15, 0.2) is 6.29 Å². The molecule has 1 aliphatic carbocycles. The largest absolute Gasteiger partial charge is 0.463 e. The van der Waals surface area contributed by atoms with Gasteiger partial charge >= 0.3 is 5.97 Å². The van der Waals surface area contributed by atoms with Crippen molar-refractivity contribution < 1.29 is 19.0 Å². The average Bonchev–Trinajstić information content (AvgIpc) is 3.19. The maximum Gasteiger partial charge on any atom is 0.331 e. The highest BCUT2D eigenvalue weighted by atomic mass is 16.7. The molecule has 1 atom stereocenters. The zero-order chi connectivity index (χ0) is 23.2. The van der Waals surface area contributed by atoms with E-state index >= 15 is 0 Å². The Morgan fingerprint density at radius 2 is 2.15 bits per heavy atom. The minimum absolute atomic E-state index is 0.173. The molecule has 2 aliphatic rings. The molecule has 0 N–H and O–H groups in total. The Bertz CT molecular complexity index is 1050. The van der Waals surface area contributed by atoms with Gasteiger partial charge in [-0.15, -0.1) is 5.10 Å². The van der Waals surface area contributed by atoms with Gasteiger partial charge in [-0.25, -0.2) is 9.48 Å². The third-order valence-corrected chi connectivity index (χ3v) is 6.02. The smallest absolute Gasteiger partial charge is 0.331 e. The molecule has 0 spiro atoms. The van der Waals surface area contributed by atoms with Crippen molar-refractivity contribution in [2.24, 2.45) is 7.05 Å². The molecule has 1 aliphatic heterocycles. The maximum atomic E-state index is 11.8. The van der Waals surface area contributed by atoms with E-state index < -0.39 is 0 Å². The van der Waals surface area contributed by atoms with Crippen LogP contribution in [0.3, 0.4) is 0 Å². The normalized spacial score (nSPS) is 20.0. The fourth-order valence-corrected chi connectivity index (χ4v) is 4.30. The highest BCUT2D eigenvalue weighted by molar-refractivity contribution is 5.84. The summed E-state index contributed by atoms with van der Waals surface area (Å²) in [5.41, 5.74) is 6.56. The number of aryl methyl sites for hydroxylation is 2. The summed E-state index contributed by atoms with van der Waals surface area (Å²) in [5.74, 6) is -0.286. The Morgan fingerprint density at radius 3 is 2.91 bits per heavy atom. The molecule has 0 aromatic carbocycles. The van der Waals surface area contributed by atoms with Crippen LogP contribution >= 0.6 is 0 Å². The number of rotatable bonds is 7. The van der Waals surface area contributed by atoms with E-state index in [0.717, 1.165) is 79.0 Å². The third kappa shape index (κ3) is 5.75. The van der Waals surface area contributed by atoms with Gasteiger partial charge in [-0.05, 0) is 75.1 Å². The lowest BCUT2D eigenvalue weighted by molar-refractivity contribution is -0.169. The van der Waals surface area contributed by atoms with Gasteiger partial charge < -0.3 is 14.2 Å². The summed E-state index contributed by atoms with van der Waals surface area (Å²) < 4.78 is 18.4. The Balaban J connectivity index is 1.53. The number of ether oxygens (including phenoxy) is 3. The second-order valence-corrected chi connectivity index (χ2v) is 8.44. The van der Waals surface area contributed by atoms with Gasteiger partial charge in [0.25, 0.3) is 0 Å². The molecule has 33 heavy (non-hydrogen) atoms. The van der Waals surface area contributed by atoms with E-state index in [0.29, 0.717) is 13.2 Å². The predicted molar refractivity (Wildman–Crippen MR) is 124 cm³/mol. The monoisotopic (exact) mass is 452 g/mol. The number of esters is 1. The van der Waals surface area contributed by atoms with E-state index in [4.69, 9.17) is 19.2 Å². The number of carbonyl (C=O) groups excluding carboxylic acids is 1. The minimum Gasteiger partial charge on any atom is -0.463 e. The molecular formula is C25H32N4O4. The fourth-order valence-electron chi connectivity index (χ4n) is 4.30. The first-order chi connectivity index (χ1) is 16.0. The first-order valence-corrected chi connectivity index (χ1v) is 11.7. The fraction of sp³-hybridized carbons (Fsp3) is 0.520. The Labute approximate surface area is 194 Å². The van der Waals surface area contributed by atoms with Crippen molar-refractivity contribution in [2.75, 3.05) is 13.2 Å². The summed E-state index contributed by atoms with van der Waals surface area (Å²) in [6, 6.07) is 4.07. The Morgan fingerprint density at radius 1 is 1.27 bits per heavy atom. The van der Waals surface area contributed by atoms with Crippen molar-refractivity contribution in [3.8, 4) is 11.4 Å². The van der Waals surface area contributed by atoms with Gasteiger partial charge in [0.2, 0.25) is 0 Å². The molecule has 176 valence electrons. The summed E-state index contributed by atoms with van der Waals surface area (Å²) in [5, 5.41) is 8.54. The van der Waals surface area contributed by atoms with Crippen LogP contribution in [-0.2, 0) is 32.7 Å². The molecule has 8 nitrogen and oxygen atoms in total. The Hall–Kier alpha value is -2.84. The van der Waals surface area contributed by atoms with Crippen LogP contribution in [-0.4, -0.2) is 45.5 Å². The number of hydrogen-bond acceptors (Lipinski definition) is 7. The van der Waals surface area contributed by atoms with Gasteiger partial charge in [0.05, 0.1) is 24.6 Å². The second kappa shape index (κ2) is 10.9. The van der Waals surface area contributed by atoms with E-state index in [1.54, 1.807) is 10.8 Å². The summed E-state index contributed by atoms with van der Waals surface area (Å²) in [7, 11) is 1.86. The molecule has 1 unspecified atom stereocenters. The molecule has 1 fully saturated rings. The molecule has 2 aromatic heterocycles. The van der Waals surface area contributed by atoms with Crippen molar-refractivity contribution in [1.82, 2.24) is 20.0 Å². The zero-order valence-electron chi connectivity index (χ0n) is 19.7. The van der Waals surface area contributed by atoms with Crippen molar-refractivity contribution in [1.29, 1.82) is 0 Å². The van der Waals surface area contributed by atoms with Crippen LogP contribution in [0.1, 0.15) is 62.4 Å². The van der Waals surface area contributed by atoms with Crippen molar-refractivity contribution in [3.63, 3.8) is 0 Å². The highest BCUT2D eigenvalue weighted by Gasteiger charge is 2.20. The van der Waals surface area contributed by atoms with Crippen LogP contribution in [0.25, 0.3) is 17.0 Å². The van der Waals surface area contributed by atoms with Crippen molar-refractivity contribution in [2.45, 2.75) is 65.3 Å². The summed E-state index contributed by atoms with van der Waals surface area (Å²) in [6.07, 6.45) is 9.46. The topological polar surface area (TPSA) is 88.4 Å². The van der Waals surface area contributed by atoms with Crippen molar-refractivity contribution in [3.05, 3.63) is 46.8 Å². The lowest BCUT2D eigenvalue weighted by Crippen LogP contribution is -2.22. The van der Waals surface area contributed by atoms with Crippen LogP contribution in [0.4, 0.5) is 0 Å². The van der Waals surface area contributed by atoms with Gasteiger partial charge in [-0.2, -0.15) is 0 Å². The van der Waals surface area contributed by atoms with E-state index in [9.17, 15) is 4.79 Å². The van der Waals surface area contributed by atoms with E-state index in [2.05, 4.69) is 22.5 Å². The molecule has 0 radical (unpaired) electrons. The number of aromatic nitrogens is 4.